The number of esters is 1. The van der Waals surface area contributed by atoms with E-state index in [-0.39, 0.29) is 50.4 Å². The van der Waals surface area contributed by atoms with Gasteiger partial charge in [-0.05, 0) is 87.3 Å². The molecule has 0 aliphatic carbocycles. The van der Waals surface area contributed by atoms with Crippen LogP contribution >= 0.6 is 0 Å². The predicted molar refractivity (Wildman–Crippen MR) is 212 cm³/mol. The largest absolute Gasteiger partial charge is 0.458 e. The fourth-order valence-electron chi connectivity index (χ4n) is 8.55. The standard InChI is InChI=1S/C42H53F2N7O9/c1-5-25-9-11-29(12-10-25)46-42(59)47-31(17-26-15-27(43)18-28(44)16-26)36(53)48-35-24(4)60-41(58)34-14-22(2)20-50(34)38(55)23(3)45-37(54)32-8-6-7-13-49(32)39(56)33-19-30(52)21-51(33)40(35)57/h9-12,15-16,18,22-24,30-35,52H,5-8,13-14,17,19-21H2,1-4H3,(H,45,54)(H,48,53)(H2,46,47,59)/t22-,23+,24+,30-,31+,32+,33+,34+,35+/m1/s1. The summed E-state index contributed by atoms with van der Waals surface area (Å²) in [4.78, 5) is 102. The van der Waals surface area contributed by atoms with Crippen molar-refractivity contribution in [1.29, 1.82) is 0 Å². The quantitative estimate of drug-likeness (QED) is 0.258. The van der Waals surface area contributed by atoms with Gasteiger partial charge < -0.3 is 45.8 Å². The van der Waals surface area contributed by atoms with E-state index < -0.39 is 108 Å². The topological polar surface area (TPSA) is 207 Å². The molecule has 2 aromatic rings. The number of aliphatic hydroxyl groups is 1. The molecule has 4 fully saturated rings. The molecule has 6 rings (SSSR count). The second kappa shape index (κ2) is 18.7. The lowest BCUT2D eigenvalue weighted by molar-refractivity contribution is -0.163. The van der Waals surface area contributed by atoms with E-state index in [2.05, 4.69) is 21.3 Å². The maximum Gasteiger partial charge on any atom is 0.329 e. The van der Waals surface area contributed by atoms with Crippen LogP contribution in [0, 0.1) is 17.6 Å². The fraction of sp³-hybridized carbons (Fsp3) is 0.548. The lowest BCUT2D eigenvalue weighted by Crippen LogP contribution is -2.63. The molecule has 324 valence electrons. The van der Waals surface area contributed by atoms with Gasteiger partial charge in [-0.3, -0.25) is 24.0 Å². The molecule has 0 aromatic heterocycles. The van der Waals surface area contributed by atoms with E-state index in [4.69, 9.17) is 4.74 Å². The van der Waals surface area contributed by atoms with Crippen molar-refractivity contribution >= 4 is 47.2 Å². The molecule has 7 amide bonds. The maximum absolute atomic E-state index is 14.7. The minimum Gasteiger partial charge on any atom is -0.458 e. The van der Waals surface area contributed by atoms with Gasteiger partial charge in [-0.15, -0.1) is 0 Å². The van der Waals surface area contributed by atoms with Crippen molar-refractivity contribution in [3.8, 4) is 0 Å². The molecule has 4 aliphatic heterocycles. The van der Waals surface area contributed by atoms with Gasteiger partial charge in [0.1, 0.15) is 54.0 Å². The third kappa shape index (κ3) is 10.0. The highest BCUT2D eigenvalue weighted by atomic mass is 19.1. The normalized spacial score (nSPS) is 28.2. The van der Waals surface area contributed by atoms with Gasteiger partial charge in [0.2, 0.25) is 29.5 Å². The summed E-state index contributed by atoms with van der Waals surface area (Å²) in [7, 11) is 0. The van der Waals surface area contributed by atoms with Crippen molar-refractivity contribution in [2.24, 2.45) is 5.92 Å². The van der Waals surface area contributed by atoms with E-state index in [0.717, 1.165) is 29.0 Å². The number of carbonyl (C=O) groups is 7. The highest BCUT2D eigenvalue weighted by Crippen LogP contribution is 2.29. The Morgan fingerprint density at radius 2 is 1.53 bits per heavy atom. The van der Waals surface area contributed by atoms with E-state index in [1.165, 1.54) is 23.6 Å². The number of fused-ring (bicyclic) bond motifs is 3. The van der Waals surface area contributed by atoms with Gasteiger partial charge in [0.05, 0.1) is 6.10 Å². The minimum absolute atomic E-state index is 0.00756. The van der Waals surface area contributed by atoms with E-state index in [1.807, 2.05) is 13.8 Å². The van der Waals surface area contributed by atoms with Gasteiger partial charge in [0, 0.05) is 44.2 Å². The lowest BCUT2D eigenvalue weighted by Gasteiger charge is -2.39. The first-order chi connectivity index (χ1) is 28.5. The summed E-state index contributed by atoms with van der Waals surface area (Å²) in [5.74, 6) is -6.56. The van der Waals surface area contributed by atoms with Crippen molar-refractivity contribution in [2.45, 2.75) is 121 Å². The van der Waals surface area contributed by atoms with Gasteiger partial charge >= 0.3 is 12.0 Å². The molecule has 4 aliphatic rings. The van der Waals surface area contributed by atoms with E-state index in [0.29, 0.717) is 24.6 Å². The number of hydrogen-bond acceptors (Lipinski definition) is 9. The number of halogens is 2. The highest BCUT2D eigenvalue weighted by Gasteiger charge is 2.49. The van der Waals surface area contributed by atoms with Crippen LogP contribution in [0.25, 0.3) is 0 Å². The van der Waals surface area contributed by atoms with Gasteiger partial charge in [-0.1, -0.05) is 26.0 Å². The number of piperidine rings is 1. The maximum atomic E-state index is 14.7. The molecule has 0 bridgehead atoms. The van der Waals surface area contributed by atoms with Gasteiger partial charge in [0.25, 0.3) is 0 Å². The number of amides is 7. The Balaban J connectivity index is 1.35. The number of hydrogen-bond donors (Lipinski definition) is 5. The van der Waals surface area contributed by atoms with Crippen LogP contribution in [-0.2, 0) is 46.3 Å². The second-order valence-corrected chi connectivity index (χ2v) is 16.3. The van der Waals surface area contributed by atoms with Crippen LogP contribution in [0.5, 0.6) is 0 Å². The first-order valence-corrected chi connectivity index (χ1v) is 20.5. The minimum atomic E-state index is -1.74. The Kier molecular flexibility index (Phi) is 13.7. The number of aryl methyl sites for hydroxylation is 1. The number of benzene rings is 2. The average Bonchev–Trinajstić information content (AvgIpc) is 3.80. The van der Waals surface area contributed by atoms with Crippen LogP contribution < -0.4 is 21.3 Å². The summed E-state index contributed by atoms with van der Waals surface area (Å²) in [6.45, 7) is 6.66. The third-order valence-corrected chi connectivity index (χ3v) is 11.7. The number of nitrogens with zero attached hydrogens (tertiary/aromatic N) is 3. The average molecular weight is 838 g/mol. The summed E-state index contributed by atoms with van der Waals surface area (Å²) in [5, 5.41) is 21.3. The number of cyclic esters (lactones) is 1. The summed E-state index contributed by atoms with van der Waals surface area (Å²) >= 11 is 0. The summed E-state index contributed by atoms with van der Waals surface area (Å²) < 4.78 is 34.6. The van der Waals surface area contributed by atoms with Crippen LogP contribution in [0.15, 0.2) is 42.5 Å². The zero-order chi connectivity index (χ0) is 43.4. The Bertz CT molecular complexity index is 1970. The van der Waals surface area contributed by atoms with E-state index in [1.54, 1.807) is 24.3 Å². The fourth-order valence-corrected chi connectivity index (χ4v) is 8.55. The molecule has 60 heavy (non-hydrogen) atoms. The number of rotatable bonds is 7. The number of nitrogens with one attached hydrogen (secondary N) is 4. The zero-order valence-electron chi connectivity index (χ0n) is 34.1. The van der Waals surface area contributed by atoms with Gasteiger partial charge in [-0.25, -0.2) is 18.4 Å². The van der Waals surface area contributed by atoms with Gasteiger partial charge in [-0.2, -0.15) is 0 Å². The molecule has 9 atom stereocenters. The molecule has 16 nitrogen and oxygen atoms in total. The number of ether oxygens (including phenoxy) is 1. The van der Waals surface area contributed by atoms with Crippen molar-refractivity contribution in [3.63, 3.8) is 0 Å². The van der Waals surface area contributed by atoms with Crippen molar-refractivity contribution < 1.29 is 52.2 Å². The van der Waals surface area contributed by atoms with Crippen LogP contribution in [0.2, 0.25) is 0 Å². The molecule has 0 radical (unpaired) electrons. The molecule has 18 heteroatoms. The Hall–Kier alpha value is -5.65. The van der Waals surface area contributed by atoms with E-state index >= 15 is 0 Å². The van der Waals surface area contributed by atoms with Crippen LogP contribution in [0.3, 0.4) is 0 Å². The zero-order valence-corrected chi connectivity index (χ0v) is 34.1. The molecular weight excluding hydrogens is 784 g/mol. The van der Waals surface area contributed by atoms with Crippen LogP contribution in [-0.4, -0.2) is 129 Å². The number of aliphatic hydroxyl groups excluding tert-OH is 1. The first-order valence-electron chi connectivity index (χ1n) is 20.5. The van der Waals surface area contributed by atoms with E-state index in [9.17, 15) is 47.4 Å². The SMILES string of the molecule is CCc1ccc(NC(=O)N[C@@H](Cc2cc(F)cc(F)c2)C(=O)N[C@@H]2C(=O)N3C[C@H](O)C[C@H]3C(=O)N3CCCC[C@H]3C(=O)N[C@@H](C)C(=O)N3C[C@H](C)C[C@H]3C(=O)O[C@H]2C)cc1. The molecular formula is C42H53F2N7O9. The van der Waals surface area contributed by atoms with Crippen molar-refractivity contribution in [3.05, 3.63) is 65.2 Å². The van der Waals surface area contributed by atoms with Crippen molar-refractivity contribution in [1.82, 2.24) is 30.7 Å². The predicted octanol–water partition coefficient (Wildman–Crippen LogP) is 1.77. The van der Waals surface area contributed by atoms with Crippen LogP contribution in [0.4, 0.5) is 19.3 Å². The summed E-state index contributed by atoms with van der Waals surface area (Å²) in [6.07, 6.45) is -0.844. The first kappa shape index (κ1) is 43.9. The Morgan fingerprint density at radius 1 is 0.850 bits per heavy atom. The Morgan fingerprint density at radius 3 is 2.22 bits per heavy atom. The molecule has 4 heterocycles. The molecule has 4 saturated heterocycles. The molecule has 2 aromatic carbocycles. The molecule has 5 N–H and O–H groups in total. The summed E-state index contributed by atoms with van der Waals surface area (Å²) in [5.41, 5.74) is 1.38. The number of urea groups is 1. The highest BCUT2D eigenvalue weighted by molar-refractivity contribution is 5.99. The number of carbonyl (C=O) groups excluding carboxylic acids is 7. The smallest absolute Gasteiger partial charge is 0.329 e. The molecule has 0 unspecified atom stereocenters. The van der Waals surface area contributed by atoms with Crippen LogP contribution in [0.1, 0.15) is 70.9 Å². The van der Waals surface area contributed by atoms with Gasteiger partial charge in [0.15, 0.2) is 0 Å². The molecule has 0 saturated carbocycles. The van der Waals surface area contributed by atoms with Crippen molar-refractivity contribution in [2.75, 3.05) is 25.0 Å². The lowest BCUT2D eigenvalue weighted by atomic mass is 9.98. The number of anilines is 1. The third-order valence-electron chi connectivity index (χ3n) is 11.7. The second-order valence-electron chi connectivity index (χ2n) is 16.3. The Labute approximate surface area is 346 Å². The monoisotopic (exact) mass is 837 g/mol. The molecule has 0 spiro atoms. The summed E-state index contributed by atoms with van der Waals surface area (Å²) in [6, 6.07) is 0.936.